The summed E-state index contributed by atoms with van der Waals surface area (Å²) >= 11 is 0. The summed E-state index contributed by atoms with van der Waals surface area (Å²) < 4.78 is 0. The van der Waals surface area contributed by atoms with Crippen molar-refractivity contribution in [1.29, 1.82) is 0 Å². The SMILES string of the molecule is [CH](CNCC1CC1)Cc1ccccc1. The fourth-order valence-corrected chi connectivity index (χ4v) is 1.56. The lowest BCUT2D eigenvalue weighted by atomic mass is 10.1. The first-order chi connectivity index (χ1) is 6.95. The Morgan fingerprint density at radius 2 is 2.00 bits per heavy atom. The highest BCUT2D eigenvalue weighted by atomic mass is 14.9. The van der Waals surface area contributed by atoms with Gasteiger partial charge in [0.05, 0.1) is 0 Å². The molecule has 1 heteroatoms. The fraction of sp³-hybridized carbons (Fsp3) is 0.462. The molecular weight excluding hydrogens is 170 g/mol. The summed E-state index contributed by atoms with van der Waals surface area (Å²) in [7, 11) is 0. The quantitative estimate of drug-likeness (QED) is 0.676. The van der Waals surface area contributed by atoms with Gasteiger partial charge in [-0.1, -0.05) is 30.3 Å². The Bertz CT molecular complexity index is 251. The standard InChI is InChI=1S/C13H18N/c1-2-5-12(6-3-1)7-4-10-14-11-13-8-9-13/h1-6,13-14H,7-11H2. The van der Waals surface area contributed by atoms with Gasteiger partial charge >= 0.3 is 0 Å². The van der Waals surface area contributed by atoms with Crippen LogP contribution >= 0.6 is 0 Å². The first-order valence-electron chi connectivity index (χ1n) is 5.51. The third-order valence-corrected chi connectivity index (χ3v) is 2.64. The van der Waals surface area contributed by atoms with E-state index < -0.39 is 0 Å². The van der Waals surface area contributed by atoms with Crippen LogP contribution in [0, 0.1) is 12.3 Å². The molecule has 1 nitrogen and oxygen atoms in total. The molecule has 14 heavy (non-hydrogen) atoms. The molecule has 1 saturated carbocycles. The molecule has 0 amide bonds. The summed E-state index contributed by atoms with van der Waals surface area (Å²) in [5.41, 5.74) is 1.40. The summed E-state index contributed by atoms with van der Waals surface area (Å²) in [6.07, 6.45) is 6.27. The molecule has 0 unspecified atom stereocenters. The van der Waals surface area contributed by atoms with Gasteiger partial charge in [-0.2, -0.15) is 0 Å². The number of rotatable bonds is 6. The van der Waals surface area contributed by atoms with Gasteiger partial charge in [-0.15, -0.1) is 0 Å². The molecule has 2 rings (SSSR count). The molecule has 0 heterocycles. The van der Waals surface area contributed by atoms with E-state index in [4.69, 9.17) is 0 Å². The molecule has 1 aliphatic carbocycles. The van der Waals surface area contributed by atoms with Crippen LogP contribution in [0.5, 0.6) is 0 Å². The minimum atomic E-state index is 0.986. The second-order valence-electron chi connectivity index (χ2n) is 4.08. The summed E-state index contributed by atoms with van der Waals surface area (Å²) in [6, 6.07) is 10.6. The minimum absolute atomic E-state index is 0.986. The monoisotopic (exact) mass is 188 g/mol. The molecule has 1 fully saturated rings. The Morgan fingerprint density at radius 1 is 1.21 bits per heavy atom. The maximum absolute atomic E-state index is 3.46. The minimum Gasteiger partial charge on any atom is -0.316 e. The van der Waals surface area contributed by atoms with Crippen LogP contribution < -0.4 is 5.32 Å². The summed E-state index contributed by atoms with van der Waals surface area (Å²) in [5.74, 6) is 0.986. The number of hydrogen-bond acceptors (Lipinski definition) is 1. The number of benzene rings is 1. The maximum Gasteiger partial charge on any atom is -0.00140 e. The van der Waals surface area contributed by atoms with E-state index in [9.17, 15) is 0 Å². The highest BCUT2D eigenvalue weighted by Crippen LogP contribution is 2.27. The van der Waals surface area contributed by atoms with E-state index in [1.165, 1.54) is 24.9 Å². The van der Waals surface area contributed by atoms with Gasteiger partial charge in [0, 0.05) is 0 Å². The first-order valence-corrected chi connectivity index (χ1v) is 5.51. The van der Waals surface area contributed by atoms with Gasteiger partial charge in [-0.3, -0.25) is 0 Å². The van der Waals surface area contributed by atoms with Crippen LogP contribution in [0.1, 0.15) is 18.4 Å². The lowest BCUT2D eigenvalue weighted by molar-refractivity contribution is 0.663. The molecule has 1 N–H and O–H groups in total. The van der Waals surface area contributed by atoms with Gasteiger partial charge in [0.25, 0.3) is 0 Å². The first kappa shape index (κ1) is 9.72. The topological polar surface area (TPSA) is 12.0 Å². The maximum atomic E-state index is 3.46. The van der Waals surface area contributed by atoms with E-state index in [-0.39, 0.29) is 0 Å². The molecule has 0 atom stereocenters. The molecule has 0 bridgehead atoms. The smallest absolute Gasteiger partial charge is 0.00140 e. The van der Waals surface area contributed by atoms with Crippen molar-refractivity contribution < 1.29 is 0 Å². The van der Waals surface area contributed by atoms with Crippen molar-refractivity contribution in [3.63, 3.8) is 0 Å². The van der Waals surface area contributed by atoms with E-state index >= 15 is 0 Å². The van der Waals surface area contributed by atoms with E-state index in [1.807, 2.05) is 0 Å². The Hall–Kier alpha value is -0.820. The zero-order chi connectivity index (χ0) is 9.64. The largest absolute Gasteiger partial charge is 0.316 e. The van der Waals surface area contributed by atoms with Gasteiger partial charge in [0.15, 0.2) is 0 Å². The summed E-state index contributed by atoms with van der Waals surface area (Å²) in [4.78, 5) is 0. The Morgan fingerprint density at radius 3 is 2.71 bits per heavy atom. The van der Waals surface area contributed by atoms with Crippen molar-refractivity contribution in [3.8, 4) is 0 Å². The summed E-state index contributed by atoms with van der Waals surface area (Å²) in [5, 5.41) is 3.46. The molecule has 75 valence electrons. The molecule has 0 aromatic heterocycles. The van der Waals surface area contributed by atoms with Crippen LogP contribution in [0.4, 0.5) is 0 Å². The van der Waals surface area contributed by atoms with Crippen LogP contribution in [-0.4, -0.2) is 13.1 Å². The molecule has 0 aliphatic heterocycles. The molecular formula is C13H18N. The van der Waals surface area contributed by atoms with E-state index in [1.54, 1.807) is 0 Å². The Balaban J connectivity index is 1.54. The van der Waals surface area contributed by atoms with Crippen molar-refractivity contribution in [3.05, 3.63) is 42.3 Å². The van der Waals surface area contributed by atoms with Crippen LogP contribution in [0.15, 0.2) is 30.3 Å². The highest BCUT2D eigenvalue weighted by Gasteiger charge is 2.19. The summed E-state index contributed by atoms with van der Waals surface area (Å²) in [6.45, 7) is 2.26. The van der Waals surface area contributed by atoms with Gasteiger partial charge < -0.3 is 5.32 Å². The third-order valence-electron chi connectivity index (χ3n) is 2.64. The normalized spacial score (nSPS) is 15.7. The predicted molar refractivity (Wildman–Crippen MR) is 60.0 cm³/mol. The lowest BCUT2D eigenvalue weighted by Gasteiger charge is -2.03. The lowest BCUT2D eigenvalue weighted by Crippen LogP contribution is -2.18. The molecule has 1 aliphatic rings. The Labute approximate surface area is 86.5 Å². The average molecular weight is 188 g/mol. The zero-order valence-corrected chi connectivity index (χ0v) is 8.58. The molecule has 1 aromatic carbocycles. The van der Waals surface area contributed by atoms with Crippen molar-refractivity contribution in [2.75, 3.05) is 13.1 Å². The fourth-order valence-electron chi connectivity index (χ4n) is 1.56. The second-order valence-corrected chi connectivity index (χ2v) is 4.08. The second kappa shape index (κ2) is 5.16. The van der Waals surface area contributed by atoms with Crippen LogP contribution in [-0.2, 0) is 6.42 Å². The van der Waals surface area contributed by atoms with Crippen LogP contribution in [0.25, 0.3) is 0 Å². The molecule has 0 saturated heterocycles. The van der Waals surface area contributed by atoms with Gasteiger partial charge in [-0.25, -0.2) is 0 Å². The van der Waals surface area contributed by atoms with E-state index in [0.29, 0.717) is 0 Å². The van der Waals surface area contributed by atoms with Crippen molar-refractivity contribution >= 4 is 0 Å². The van der Waals surface area contributed by atoms with Gasteiger partial charge in [0.1, 0.15) is 0 Å². The molecule has 1 radical (unpaired) electrons. The molecule has 0 spiro atoms. The molecule has 1 aromatic rings. The third kappa shape index (κ3) is 3.51. The average Bonchev–Trinajstić information content (AvgIpc) is 3.03. The predicted octanol–water partition coefficient (Wildman–Crippen LogP) is 2.43. The van der Waals surface area contributed by atoms with Gasteiger partial charge in [-0.05, 0) is 50.3 Å². The Kier molecular flexibility index (Phi) is 3.58. The van der Waals surface area contributed by atoms with E-state index in [0.717, 1.165) is 18.9 Å². The number of hydrogen-bond donors (Lipinski definition) is 1. The van der Waals surface area contributed by atoms with Crippen molar-refractivity contribution in [2.24, 2.45) is 5.92 Å². The van der Waals surface area contributed by atoms with Crippen molar-refractivity contribution in [2.45, 2.75) is 19.3 Å². The number of nitrogens with one attached hydrogen (secondary N) is 1. The zero-order valence-electron chi connectivity index (χ0n) is 8.58. The highest BCUT2D eigenvalue weighted by molar-refractivity contribution is 5.16. The van der Waals surface area contributed by atoms with Gasteiger partial charge in [0.2, 0.25) is 0 Å². The van der Waals surface area contributed by atoms with Crippen molar-refractivity contribution in [1.82, 2.24) is 5.32 Å². The van der Waals surface area contributed by atoms with Crippen LogP contribution in [0.3, 0.4) is 0 Å². The van der Waals surface area contributed by atoms with Crippen LogP contribution in [0.2, 0.25) is 0 Å². The van der Waals surface area contributed by atoms with E-state index in [2.05, 4.69) is 42.1 Å².